The lowest BCUT2D eigenvalue weighted by Crippen LogP contribution is -1.90. The van der Waals surface area contributed by atoms with Crippen molar-refractivity contribution in [1.82, 2.24) is 4.98 Å². The monoisotopic (exact) mass is 313 g/mol. The summed E-state index contributed by atoms with van der Waals surface area (Å²) in [6.45, 7) is 4.11. The van der Waals surface area contributed by atoms with Gasteiger partial charge in [-0.1, -0.05) is 22.0 Å². The lowest BCUT2D eigenvalue weighted by molar-refractivity contribution is 1.21. The number of pyridine rings is 1. The van der Waals surface area contributed by atoms with Gasteiger partial charge in [0.25, 0.3) is 0 Å². The van der Waals surface area contributed by atoms with Crippen LogP contribution in [-0.2, 0) is 0 Å². The number of hydrogen-bond acceptors (Lipinski definition) is 1. The normalized spacial score (nSPS) is 10.9. The maximum absolute atomic E-state index is 4.52. The highest BCUT2D eigenvalue weighted by Gasteiger charge is 2.08. The fraction of sp³-hybridized carbons (Fsp3) is 0.182. The Morgan fingerprint density at radius 1 is 1.14 bits per heavy atom. The molecule has 1 heterocycles. The molecule has 72 valence electrons. The Labute approximate surface area is 99.8 Å². The molecular weight excluding hydrogens is 306 g/mol. The molecule has 0 saturated carbocycles. The Bertz CT molecular complexity index is 506. The number of benzene rings is 1. The molecule has 3 heteroatoms. The highest BCUT2D eigenvalue weighted by atomic mass is 79.9. The number of fused-ring (bicyclic) bond motifs is 1. The molecule has 0 bridgehead atoms. The zero-order chi connectivity index (χ0) is 10.3. The second kappa shape index (κ2) is 3.63. The lowest BCUT2D eigenvalue weighted by atomic mass is 10.1. The van der Waals surface area contributed by atoms with Crippen LogP contribution in [0.4, 0.5) is 0 Å². The summed E-state index contributed by atoms with van der Waals surface area (Å²) in [5, 5.41) is 1.19. The van der Waals surface area contributed by atoms with Crippen molar-refractivity contribution in [1.29, 1.82) is 0 Å². The van der Waals surface area contributed by atoms with E-state index in [1.165, 1.54) is 10.9 Å². The summed E-state index contributed by atoms with van der Waals surface area (Å²) in [7, 11) is 0. The van der Waals surface area contributed by atoms with E-state index in [-0.39, 0.29) is 0 Å². The SMILES string of the molecule is Cc1nc2cccc(Br)c2c(C)c1Br. The first-order valence-electron chi connectivity index (χ1n) is 4.32. The molecule has 0 N–H and O–H groups in total. The predicted molar refractivity (Wildman–Crippen MR) is 66.6 cm³/mol. The van der Waals surface area contributed by atoms with Gasteiger partial charge in [0.15, 0.2) is 0 Å². The number of aryl methyl sites for hydroxylation is 2. The van der Waals surface area contributed by atoms with Gasteiger partial charge in [0.2, 0.25) is 0 Å². The minimum Gasteiger partial charge on any atom is -0.252 e. The van der Waals surface area contributed by atoms with Gasteiger partial charge < -0.3 is 0 Å². The van der Waals surface area contributed by atoms with E-state index in [0.29, 0.717) is 0 Å². The van der Waals surface area contributed by atoms with Crippen molar-refractivity contribution in [3.63, 3.8) is 0 Å². The van der Waals surface area contributed by atoms with Crippen molar-refractivity contribution in [2.24, 2.45) is 0 Å². The van der Waals surface area contributed by atoms with Gasteiger partial charge in [0.05, 0.1) is 11.2 Å². The molecule has 0 radical (unpaired) electrons. The summed E-state index contributed by atoms with van der Waals surface area (Å²) < 4.78 is 2.19. The molecule has 2 rings (SSSR count). The Balaban J connectivity index is 2.99. The van der Waals surface area contributed by atoms with Crippen LogP contribution < -0.4 is 0 Å². The highest BCUT2D eigenvalue weighted by Crippen LogP contribution is 2.31. The summed E-state index contributed by atoms with van der Waals surface area (Å²) in [5.41, 5.74) is 3.31. The van der Waals surface area contributed by atoms with Gasteiger partial charge >= 0.3 is 0 Å². The van der Waals surface area contributed by atoms with E-state index < -0.39 is 0 Å². The van der Waals surface area contributed by atoms with Crippen LogP contribution in [-0.4, -0.2) is 4.98 Å². The molecule has 0 aliphatic heterocycles. The van der Waals surface area contributed by atoms with Crippen LogP contribution in [0.15, 0.2) is 27.1 Å². The summed E-state index contributed by atoms with van der Waals surface area (Å²) in [6, 6.07) is 6.08. The second-order valence-corrected chi connectivity index (χ2v) is 4.92. The maximum Gasteiger partial charge on any atom is 0.0720 e. The van der Waals surface area contributed by atoms with Gasteiger partial charge in [-0.3, -0.25) is 4.98 Å². The number of rotatable bonds is 0. The first kappa shape index (κ1) is 10.1. The van der Waals surface area contributed by atoms with Crippen LogP contribution in [0.5, 0.6) is 0 Å². The van der Waals surface area contributed by atoms with Gasteiger partial charge in [-0.2, -0.15) is 0 Å². The van der Waals surface area contributed by atoms with Crippen LogP contribution in [0.2, 0.25) is 0 Å². The second-order valence-electron chi connectivity index (χ2n) is 3.27. The van der Waals surface area contributed by atoms with Crippen LogP contribution in [0.25, 0.3) is 10.9 Å². The van der Waals surface area contributed by atoms with Crippen LogP contribution in [0.1, 0.15) is 11.3 Å². The molecular formula is C11H9Br2N. The van der Waals surface area contributed by atoms with Crippen LogP contribution in [0, 0.1) is 13.8 Å². The third kappa shape index (κ3) is 1.48. The summed E-state index contributed by atoms with van der Waals surface area (Å²) in [4.78, 5) is 4.52. The number of nitrogens with zero attached hydrogens (tertiary/aromatic N) is 1. The van der Waals surface area contributed by atoms with Gasteiger partial charge in [-0.25, -0.2) is 0 Å². The first-order valence-corrected chi connectivity index (χ1v) is 5.91. The molecule has 1 nitrogen and oxygen atoms in total. The predicted octanol–water partition coefficient (Wildman–Crippen LogP) is 4.38. The molecule has 1 aromatic heterocycles. The van der Waals surface area contributed by atoms with E-state index >= 15 is 0 Å². The summed E-state index contributed by atoms with van der Waals surface area (Å²) in [5.74, 6) is 0. The summed E-state index contributed by atoms with van der Waals surface area (Å²) >= 11 is 7.10. The topological polar surface area (TPSA) is 12.9 Å². The zero-order valence-electron chi connectivity index (χ0n) is 7.94. The van der Waals surface area contributed by atoms with Gasteiger partial charge in [0.1, 0.15) is 0 Å². The fourth-order valence-electron chi connectivity index (χ4n) is 1.59. The van der Waals surface area contributed by atoms with Crippen molar-refractivity contribution >= 4 is 42.8 Å². The zero-order valence-corrected chi connectivity index (χ0v) is 11.1. The standard InChI is InChI=1S/C11H9Br2N/c1-6-10-8(12)4-3-5-9(10)14-7(2)11(6)13/h3-5H,1-2H3. The van der Waals surface area contributed by atoms with Crippen molar-refractivity contribution in [3.05, 3.63) is 38.4 Å². The van der Waals surface area contributed by atoms with Gasteiger partial charge in [-0.05, 0) is 47.5 Å². The Morgan fingerprint density at radius 2 is 1.86 bits per heavy atom. The molecule has 1 aromatic carbocycles. The van der Waals surface area contributed by atoms with Crippen molar-refractivity contribution in [2.45, 2.75) is 13.8 Å². The molecule has 0 aliphatic rings. The smallest absolute Gasteiger partial charge is 0.0720 e. The number of hydrogen-bond donors (Lipinski definition) is 0. The van der Waals surface area contributed by atoms with Crippen molar-refractivity contribution in [3.8, 4) is 0 Å². The Kier molecular flexibility index (Phi) is 2.62. The molecule has 0 unspecified atom stereocenters. The third-order valence-corrected chi connectivity index (χ3v) is 4.13. The fourth-order valence-corrected chi connectivity index (χ4v) is 2.53. The van der Waals surface area contributed by atoms with E-state index in [9.17, 15) is 0 Å². The molecule has 14 heavy (non-hydrogen) atoms. The molecule has 0 amide bonds. The van der Waals surface area contributed by atoms with Crippen LogP contribution >= 0.6 is 31.9 Å². The van der Waals surface area contributed by atoms with Gasteiger partial charge in [-0.15, -0.1) is 0 Å². The van der Waals surface area contributed by atoms with E-state index in [4.69, 9.17) is 0 Å². The highest BCUT2D eigenvalue weighted by molar-refractivity contribution is 9.11. The van der Waals surface area contributed by atoms with Gasteiger partial charge in [0, 0.05) is 14.3 Å². The molecule has 0 spiro atoms. The van der Waals surface area contributed by atoms with E-state index in [1.54, 1.807) is 0 Å². The average Bonchev–Trinajstić information content (AvgIpc) is 2.14. The quantitative estimate of drug-likeness (QED) is 0.703. The lowest BCUT2D eigenvalue weighted by Gasteiger charge is -2.08. The van der Waals surface area contributed by atoms with Crippen molar-refractivity contribution in [2.75, 3.05) is 0 Å². The average molecular weight is 315 g/mol. The molecule has 0 saturated heterocycles. The summed E-state index contributed by atoms with van der Waals surface area (Å²) in [6.07, 6.45) is 0. The first-order chi connectivity index (χ1) is 6.61. The van der Waals surface area contributed by atoms with E-state index in [1.807, 2.05) is 25.1 Å². The number of aromatic nitrogens is 1. The van der Waals surface area contributed by atoms with E-state index in [2.05, 4.69) is 43.8 Å². The molecule has 0 atom stereocenters. The molecule has 0 fully saturated rings. The van der Waals surface area contributed by atoms with Crippen molar-refractivity contribution < 1.29 is 0 Å². The Morgan fingerprint density at radius 3 is 2.57 bits per heavy atom. The molecule has 2 aromatic rings. The van der Waals surface area contributed by atoms with E-state index in [0.717, 1.165) is 20.2 Å². The minimum atomic E-state index is 1.04. The molecule has 0 aliphatic carbocycles. The largest absolute Gasteiger partial charge is 0.252 e. The minimum absolute atomic E-state index is 1.04. The number of halogens is 2. The van der Waals surface area contributed by atoms with Crippen LogP contribution in [0.3, 0.4) is 0 Å². The maximum atomic E-state index is 4.52. The Hall–Kier alpha value is -0.410. The third-order valence-electron chi connectivity index (χ3n) is 2.30.